The van der Waals surface area contributed by atoms with Crippen LogP contribution in [0.1, 0.15) is 23.0 Å². The third kappa shape index (κ3) is 2.46. The van der Waals surface area contributed by atoms with Gasteiger partial charge < -0.3 is 0 Å². The highest BCUT2D eigenvalue weighted by Crippen LogP contribution is 2.34. The van der Waals surface area contributed by atoms with Gasteiger partial charge >= 0.3 is 6.18 Å². The van der Waals surface area contributed by atoms with Crippen molar-refractivity contribution in [2.45, 2.75) is 13.1 Å². The summed E-state index contributed by atoms with van der Waals surface area (Å²) in [5.41, 5.74) is -1.70. The molecule has 0 aliphatic heterocycles. The highest BCUT2D eigenvalue weighted by molar-refractivity contribution is 6.32. The van der Waals surface area contributed by atoms with E-state index in [2.05, 4.69) is 10.1 Å². The van der Waals surface area contributed by atoms with Crippen molar-refractivity contribution in [3.8, 4) is 5.82 Å². The lowest BCUT2D eigenvalue weighted by atomic mass is 10.2. The van der Waals surface area contributed by atoms with Crippen molar-refractivity contribution in [1.82, 2.24) is 14.8 Å². The van der Waals surface area contributed by atoms with Crippen LogP contribution in [-0.2, 0) is 6.18 Å². The van der Waals surface area contributed by atoms with Gasteiger partial charge in [-0.15, -0.1) is 0 Å². The van der Waals surface area contributed by atoms with Gasteiger partial charge in [-0.2, -0.15) is 18.3 Å². The number of nitrogens with zero attached hydrogens (tertiary/aromatic N) is 3. The third-order valence-corrected chi connectivity index (χ3v) is 2.65. The van der Waals surface area contributed by atoms with Gasteiger partial charge in [-0.1, -0.05) is 11.6 Å². The molecule has 0 saturated heterocycles. The van der Waals surface area contributed by atoms with E-state index in [-0.39, 0.29) is 10.8 Å². The smallest absolute Gasteiger partial charge is 0.294 e. The SMILES string of the molecule is CC(=O)c1cnn(-c2ncccc2Cl)c1C(F)(F)F. The minimum Gasteiger partial charge on any atom is -0.294 e. The molecule has 0 aromatic carbocycles. The Morgan fingerprint density at radius 1 is 1.42 bits per heavy atom. The fraction of sp³-hybridized carbons (Fsp3) is 0.182. The summed E-state index contributed by atoms with van der Waals surface area (Å²) in [5, 5.41) is 3.57. The topological polar surface area (TPSA) is 47.8 Å². The molecule has 2 heterocycles. The van der Waals surface area contributed by atoms with E-state index in [1.54, 1.807) is 0 Å². The number of pyridine rings is 1. The minimum atomic E-state index is -4.74. The van der Waals surface area contributed by atoms with Gasteiger partial charge in [-0.25, -0.2) is 9.67 Å². The monoisotopic (exact) mass is 289 g/mol. The van der Waals surface area contributed by atoms with Crippen LogP contribution < -0.4 is 0 Å². The van der Waals surface area contributed by atoms with Gasteiger partial charge in [0.2, 0.25) is 0 Å². The number of Topliss-reactive ketones (excluding diaryl/α,β-unsaturated/α-hetero) is 1. The fourth-order valence-corrected chi connectivity index (χ4v) is 1.77. The van der Waals surface area contributed by atoms with E-state index in [4.69, 9.17) is 11.6 Å². The highest BCUT2D eigenvalue weighted by atomic mass is 35.5. The predicted octanol–water partition coefficient (Wildman–Crippen LogP) is 3.14. The van der Waals surface area contributed by atoms with Crippen LogP contribution >= 0.6 is 11.6 Å². The Morgan fingerprint density at radius 3 is 2.63 bits per heavy atom. The summed E-state index contributed by atoms with van der Waals surface area (Å²) in [7, 11) is 0. The maximum atomic E-state index is 13.0. The van der Waals surface area contributed by atoms with Crippen LogP contribution in [0.4, 0.5) is 13.2 Å². The second-order valence-electron chi connectivity index (χ2n) is 3.68. The summed E-state index contributed by atoms with van der Waals surface area (Å²) >= 11 is 5.79. The van der Waals surface area contributed by atoms with E-state index in [0.29, 0.717) is 4.68 Å². The van der Waals surface area contributed by atoms with Gasteiger partial charge in [-0.05, 0) is 19.1 Å². The van der Waals surface area contributed by atoms with Gasteiger partial charge in [-0.3, -0.25) is 4.79 Å². The molecule has 4 nitrogen and oxygen atoms in total. The molecule has 0 aliphatic carbocycles. The lowest BCUT2D eigenvalue weighted by Crippen LogP contribution is -2.17. The van der Waals surface area contributed by atoms with Crippen molar-refractivity contribution in [1.29, 1.82) is 0 Å². The Morgan fingerprint density at radius 2 is 2.11 bits per heavy atom. The zero-order valence-corrected chi connectivity index (χ0v) is 10.3. The van der Waals surface area contributed by atoms with E-state index in [1.807, 2.05) is 0 Å². The highest BCUT2D eigenvalue weighted by Gasteiger charge is 2.40. The first kappa shape index (κ1) is 13.5. The van der Waals surface area contributed by atoms with Gasteiger partial charge in [0.25, 0.3) is 0 Å². The summed E-state index contributed by atoms with van der Waals surface area (Å²) in [6.45, 7) is 1.04. The molecule has 0 bridgehead atoms. The van der Waals surface area contributed by atoms with Crippen LogP contribution in [0.3, 0.4) is 0 Å². The fourth-order valence-electron chi connectivity index (χ4n) is 1.57. The maximum absolute atomic E-state index is 13.0. The number of rotatable bonds is 2. The molecule has 8 heteroatoms. The van der Waals surface area contributed by atoms with Crippen molar-refractivity contribution in [2.75, 3.05) is 0 Å². The molecule has 0 aliphatic rings. The van der Waals surface area contributed by atoms with Crippen LogP contribution in [0.5, 0.6) is 0 Å². The second-order valence-corrected chi connectivity index (χ2v) is 4.09. The molecule has 0 spiro atoms. The number of hydrogen-bond acceptors (Lipinski definition) is 3. The average molecular weight is 290 g/mol. The molecule has 0 radical (unpaired) electrons. The number of ketones is 1. The first-order chi connectivity index (χ1) is 8.82. The Hall–Kier alpha value is -1.89. The molecule has 0 amide bonds. The number of carbonyl (C=O) groups excluding carboxylic acids is 1. The summed E-state index contributed by atoms with van der Waals surface area (Å²) in [6, 6.07) is 2.87. The molecule has 0 saturated carbocycles. The number of alkyl halides is 3. The zero-order valence-electron chi connectivity index (χ0n) is 9.57. The summed E-state index contributed by atoms with van der Waals surface area (Å²) in [4.78, 5) is 15.0. The standard InChI is InChI=1S/C11H7ClF3N3O/c1-6(19)7-5-17-18(9(7)11(13,14)15)10-8(12)3-2-4-16-10/h2-5H,1H3. The Bertz CT molecular complexity index is 636. The average Bonchev–Trinajstić information content (AvgIpc) is 2.73. The number of hydrogen-bond donors (Lipinski definition) is 0. The number of carbonyl (C=O) groups is 1. The predicted molar refractivity (Wildman–Crippen MR) is 61.4 cm³/mol. The Balaban J connectivity index is 2.73. The summed E-state index contributed by atoms with van der Waals surface area (Å²) < 4.78 is 39.6. The van der Waals surface area contributed by atoms with E-state index >= 15 is 0 Å². The summed E-state index contributed by atoms with van der Waals surface area (Å²) in [5.74, 6) is -0.908. The van der Waals surface area contributed by atoms with Crippen LogP contribution in [0.15, 0.2) is 24.5 Å². The molecule has 0 atom stereocenters. The van der Waals surface area contributed by atoms with Gasteiger partial charge in [0.15, 0.2) is 17.3 Å². The Kier molecular flexibility index (Phi) is 3.32. The summed E-state index contributed by atoms with van der Waals surface area (Å²) in [6.07, 6.45) is -2.59. The molecule has 2 aromatic heterocycles. The molecule has 0 fully saturated rings. The molecule has 0 unspecified atom stereocenters. The van der Waals surface area contributed by atoms with Crippen LogP contribution in [0.25, 0.3) is 5.82 Å². The van der Waals surface area contributed by atoms with Crippen molar-refractivity contribution in [2.24, 2.45) is 0 Å². The third-order valence-electron chi connectivity index (χ3n) is 2.36. The molecule has 2 aromatic rings. The molecular weight excluding hydrogens is 283 g/mol. The lowest BCUT2D eigenvalue weighted by Gasteiger charge is -2.11. The first-order valence-corrected chi connectivity index (χ1v) is 5.47. The molecule has 100 valence electrons. The van der Waals surface area contributed by atoms with Crippen LogP contribution in [-0.4, -0.2) is 20.5 Å². The molecule has 19 heavy (non-hydrogen) atoms. The van der Waals surface area contributed by atoms with E-state index < -0.39 is 23.2 Å². The van der Waals surface area contributed by atoms with Crippen molar-refractivity contribution >= 4 is 17.4 Å². The quantitative estimate of drug-likeness (QED) is 0.798. The van der Waals surface area contributed by atoms with Crippen LogP contribution in [0.2, 0.25) is 5.02 Å². The number of aromatic nitrogens is 3. The van der Waals surface area contributed by atoms with Gasteiger partial charge in [0.05, 0.1) is 16.8 Å². The van der Waals surface area contributed by atoms with E-state index in [9.17, 15) is 18.0 Å². The van der Waals surface area contributed by atoms with Crippen molar-refractivity contribution in [3.05, 3.63) is 40.8 Å². The van der Waals surface area contributed by atoms with E-state index in [1.165, 1.54) is 18.3 Å². The molecule has 2 rings (SSSR count). The Labute approximate surface area is 110 Å². The second kappa shape index (κ2) is 4.65. The van der Waals surface area contributed by atoms with Gasteiger partial charge in [0, 0.05) is 6.20 Å². The van der Waals surface area contributed by atoms with Crippen molar-refractivity contribution in [3.63, 3.8) is 0 Å². The van der Waals surface area contributed by atoms with Crippen molar-refractivity contribution < 1.29 is 18.0 Å². The normalized spacial score (nSPS) is 11.6. The van der Waals surface area contributed by atoms with Crippen LogP contribution in [0, 0.1) is 0 Å². The lowest BCUT2D eigenvalue weighted by molar-refractivity contribution is -0.143. The molecule has 0 N–H and O–H groups in total. The molecular formula is C11H7ClF3N3O. The van der Waals surface area contributed by atoms with Gasteiger partial charge in [0.1, 0.15) is 0 Å². The minimum absolute atomic E-state index is 0.00574. The largest absolute Gasteiger partial charge is 0.434 e. The van der Waals surface area contributed by atoms with E-state index in [0.717, 1.165) is 13.1 Å². The zero-order chi connectivity index (χ0) is 14.2. The maximum Gasteiger partial charge on any atom is 0.434 e. The first-order valence-electron chi connectivity index (χ1n) is 5.09. The number of halogens is 4.